The number of nitro groups is 2. The average molecular weight is 417 g/mol. The van der Waals surface area contributed by atoms with Crippen LogP contribution in [0.25, 0.3) is 0 Å². The minimum atomic E-state index is -1.03. The monoisotopic (exact) mass is 417 g/mol. The smallest absolute Gasteiger partial charge is 0.281 e. The van der Waals surface area contributed by atoms with E-state index in [2.05, 4.69) is 5.32 Å². The molecular formula is C21H11N3O7. The number of benzene rings is 3. The second-order valence-corrected chi connectivity index (χ2v) is 6.57. The molecule has 0 bridgehead atoms. The van der Waals surface area contributed by atoms with Crippen LogP contribution in [-0.4, -0.2) is 27.3 Å². The molecular weight excluding hydrogens is 406 g/mol. The number of carbonyl (C=O) groups is 3. The number of nitrogens with zero attached hydrogens (tertiary/aromatic N) is 2. The summed E-state index contributed by atoms with van der Waals surface area (Å²) in [5.74, 6) is -2.46. The number of nitro benzene ring substituents is 2. The van der Waals surface area contributed by atoms with Crippen molar-refractivity contribution >= 4 is 34.5 Å². The maximum atomic E-state index is 13.2. The molecule has 0 spiro atoms. The molecule has 10 heteroatoms. The van der Waals surface area contributed by atoms with Crippen molar-refractivity contribution < 1.29 is 24.2 Å². The van der Waals surface area contributed by atoms with Gasteiger partial charge >= 0.3 is 0 Å². The first-order chi connectivity index (χ1) is 14.8. The molecule has 3 aromatic rings. The molecule has 0 aromatic heterocycles. The van der Waals surface area contributed by atoms with E-state index < -0.39 is 49.8 Å². The number of hydrogen-bond donors (Lipinski definition) is 1. The molecule has 4 rings (SSSR count). The van der Waals surface area contributed by atoms with E-state index in [9.17, 15) is 34.6 Å². The fourth-order valence-corrected chi connectivity index (χ4v) is 3.48. The van der Waals surface area contributed by atoms with Gasteiger partial charge in [-0.25, -0.2) is 0 Å². The van der Waals surface area contributed by atoms with E-state index in [1.165, 1.54) is 24.3 Å². The van der Waals surface area contributed by atoms with Crippen molar-refractivity contribution in [2.24, 2.45) is 0 Å². The van der Waals surface area contributed by atoms with E-state index in [1.54, 1.807) is 18.2 Å². The predicted molar refractivity (Wildman–Crippen MR) is 107 cm³/mol. The molecule has 1 N–H and O–H groups in total. The van der Waals surface area contributed by atoms with Crippen molar-refractivity contribution in [2.75, 3.05) is 5.32 Å². The van der Waals surface area contributed by atoms with Crippen LogP contribution in [0.1, 0.15) is 42.2 Å². The quantitative estimate of drug-likeness (QED) is 0.394. The van der Waals surface area contributed by atoms with Gasteiger partial charge < -0.3 is 5.32 Å². The summed E-state index contributed by atoms with van der Waals surface area (Å²) < 4.78 is 0. The molecule has 0 saturated heterocycles. The number of rotatable bonds is 4. The molecule has 0 radical (unpaired) electrons. The molecule has 31 heavy (non-hydrogen) atoms. The third-order valence-electron chi connectivity index (χ3n) is 4.83. The highest BCUT2D eigenvalue weighted by Crippen LogP contribution is 2.40. The summed E-state index contributed by atoms with van der Waals surface area (Å²) in [6.45, 7) is 0. The van der Waals surface area contributed by atoms with Gasteiger partial charge in [0.2, 0.25) is 5.78 Å². The highest BCUT2D eigenvalue weighted by atomic mass is 16.6. The molecule has 1 amide bonds. The molecule has 0 unspecified atom stereocenters. The minimum Gasteiger partial charge on any atom is -0.321 e. The van der Waals surface area contributed by atoms with Crippen molar-refractivity contribution in [1.82, 2.24) is 0 Å². The van der Waals surface area contributed by atoms with Crippen LogP contribution in [0.15, 0.2) is 60.7 Å². The lowest BCUT2D eigenvalue weighted by molar-refractivity contribution is -0.385. The maximum absolute atomic E-state index is 13.2. The van der Waals surface area contributed by atoms with E-state index in [0.29, 0.717) is 0 Å². The summed E-state index contributed by atoms with van der Waals surface area (Å²) in [5, 5.41) is 25.4. The van der Waals surface area contributed by atoms with Crippen LogP contribution >= 0.6 is 0 Å². The Morgan fingerprint density at radius 1 is 0.710 bits per heavy atom. The largest absolute Gasteiger partial charge is 0.321 e. The summed E-state index contributed by atoms with van der Waals surface area (Å²) in [5.41, 5.74) is -2.91. The third-order valence-corrected chi connectivity index (χ3v) is 4.83. The number of amides is 1. The Labute approximate surface area is 173 Å². The SMILES string of the molecule is O=C(Nc1ccc([N+](=O)[O-])c2c1C(=O)c1cccc([N+](=O)[O-])c1C2=O)c1ccccc1. The van der Waals surface area contributed by atoms with E-state index in [4.69, 9.17) is 0 Å². The fourth-order valence-electron chi connectivity index (χ4n) is 3.48. The number of ketones is 2. The summed E-state index contributed by atoms with van der Waals surface area (Å²) in [4.78, 5) is 60.1. The van der Waals surface area contributed by atoms with Gasteiger partial charge in [-0.05, 0) is 24.3 Å². The van der Waals surface area contributed by atoms with Gasteiger partial charge in [-0.15, -0.1) is 0 Å². The van der Waals surface area contributed by atoms with Gasteiger partial charge in [0.25, 0.3) is 17.3 Å². The minimum absolute atomic E-state index is 0.107. The number of nitrogens with one attached hydrogen (secondary N) is 1. The zero-order valence-corrected chi connectivity index (χ0v) is 15.5. The zero-order chi connectivity index (χ0) is 22.3. The second kappa shape index (κ2) is 7.26. The van der Waals surface area contributed by atoms with Crippen LogP contribution in [0.5, 0.6) is 0 Å². The van der Waals surface area contributed by atoms with Crippen molar-refractivity contribution in [3.8, 4) is 0 Å². The normalized spacial score (nSPS) is 12.0. The van der Waals surface area contributed by atoms with Gasteiger partial charge in [0.15, 0.2) is 5.78 Å². The van der Waals surface area contributed by atoms with Gasteiger partial charge in [-0.3, -0.25) is 34.6 Å². The summed E-state index contributed by atoms with van der Waals surface area (Å²) >= 11 is 0. The van der Waals surface area contributed by atoms with Crippen molar-refractivity contribution in [1.29, 1.82) is 0 Å². The lowest BCUT2D eigenvalue weighted by atomic mass is 9.81. The van der Waals surface area contributed by atoms with Gasteiger partial charge in [-0.2, -0.15) is 0 Å². The zero-order valence-electron chi connectivity index (χ0n) is 15.5. The number of fused-ring (bicyclic) bond motifs is 2. The molecule has 0 saturated carbocycles. The summed E-state index contributed by atoms with van der Waals surface area (Å²) in [6.07, 6.45) is 0. The number of carbonyl (C=O) groups excluding carboxylic acids is 3. The predicted octanol–water partition coefficient (Wildman–Crippen LogP) is 3.53. The summed E-state index contributed by atoms with van der Waals surface area (Å²) in [7, 11) is 0. The summed E-state index contributed by atoms with van der Waals surface area (Å²) in [6, 6.07) is 13.7. The first kappa shape index (κ1) is 19.6. The third kappa shape index (κ3) is 3.12. The number of hydrogen-bond acceptors (Lipinski definition) is 7. The molecule has 0 heterocycles. The van der Waals surface area contributed by atoms with Crippen LogP contribution in [0.3, 0.4) is 0 Å². The Morgan fingerprint density at radius 2 is 1.35 bits per heavy atom. The van der Waals surface area contributed by atoms with Gasteiger partial charge in [0.05, 0.1) is 21.1 Å². The van der Waals surface area contributed by atoms with Crippen LogP contribution < -0.4 is 5.32 Å². The first-order valence-corrected chi connectivity index (χ1v) is 8.86. The van der Waals surface area contributed by atoms with E-state index in [1.807, 2.05) is 0 Å². The van der Waals surface area contributed by atoms with Crippen molar-refractivity contribution in [3.63, 3.8) is 0 Å². The van der Waals surface area contributed by atoms with E-state index in [0.717, 1.165) is 18.2 Å². The standard InChI is InChI=1S/C21H11N3O7/c25-19-12-7-4-8-14(23(28)29)16(12)20(26)18-15(24(30)31)10-9-13(17(18)19)22-21(27)11-5-2-1-3-6-11/h1-10H,(H,22,27). The highest BCUT2D eigenvalue weighted by molar-refractivity contribution is 6.33. The lowest BCUT2D eigenvalue weighted by Crippen LogP contribution is -2.26. The molecule has 10 nitrogen and oxygen atoms in total. The Hall–Kier alpha value is -4.73. The van der Waals surface area contributed by atoms with Gasteiger partial charge in [-0.1, -0.05) is 24.3 Å². The Balaban J connectivity index is 1.93. The average Bonchev–Trinajstić information content (AvgIpc) is 2.77. The Bertz CT molecular complexity index is 1320. The first-order valence-electron chi connectivity index (χ1n) is 8.86. The van der Waals surface area contributed by atoms with Crippen LogP contribution in [0.2, 0.25) is 0 Å². The van der Waals surface area contributed by atoms with Crippen LogP contribution in [0, 0.1) is 20.2 Å². The lowest BCUT2D eigenvalue weighted by Gasteiger charge is -2.20. The Kier molecular flexibility index (Phi) is 4.59. The fraction of sp³-hybridized carbons (Fsp3) is 0. The second-order valence-electron chi connectivity index (χ2n) is 6.57. The van der Waals surface area contributed by atoms with Crippen molar-refractivity contribution in [3.05, 3.63) is 109 Å². The highest BCUT2D eigenvalue weighted by Gasteiger charge is 2.41. The number of anilines is 1. The molecule has 0 atom stereocenters. The molecule has 1 aliphatic carbocycles. The molecule has 0 fully saturated rings. The van der Waals surface area contributed by atoms with Crippen molar-refractivity contribution in [2.45, 2.75) is 0 Å². The van der Waals surface area contributed by atoms with E-state index in [-0.39, 0.29) is 22.4 Å². The Morgan fingerprint density at radius 3 is 2.00 bits per heavy atom. The van der Waals surface area contributed by atoms with Crippen LogP contribution in [-0.2, 0) is 0 Å². The topological polar surface area (TPSA) is 150 Å². The molecule has 1 aliphatic rings. The van der Waals surface area contributed by atoms with Gasteiger partial charge in [0, 0.05) is 23.3 Å². The van der Waals surface area contributed by atoms with Gasteiger partial charge in [0.1, 0.15) is 11.1 Å². The van der Waals surface area contributed by atoms with Crippen LogP contribution in [0.4, 0.5) is 17.1 Å². The molecule has 0 aliphatic heterocycles. The molecule has 3 aromatic carbocycles. The van der Waals surface area contributed by atoms with E-state index >= 15 is 0 Å². The molecule has 152 valence electrons. The maximum Gasteiger partial charge on any atom is 0.281 e.